The molecule has 1 amide bonds. The molecule has 9 heteroatoms. The van der Waals surface area contributed by atoms with Crippen molar-refractivity contribution >= 4 is 57.5 Å². The minimum absolute atomic E-state index is 0.0664. The van der Waals surface area contributed by atoms with Crippen LogP contribution in [0.4, 0.5) is 0 Å². The van der Waals surface area contributed by atoms with Gasteiger partial charge in [-0.25, -0.2) is 8.42 Å². The predicted molar refractivity (Wildman–Crippen MR) is 88.3 cm³/mol. The largest absolute Gasteiger partial charge is 0.481 e. The number of nitrogens with zero attached hydrogens (tertiary/aromatic N) is 1. The minimum atomic E-state index is -3.84. The van der Waals surface area contributed by atoms with E-state index >= 15 is 0 Å². The molecule has 0 bridgehead atoms. The number of hydrogen-bond donors (Lipinski definition) is 0. The first kappa shape index (κ1) is 18.7. The summed E-state index contributed by atoms with van der Waals surface area (Å²) in [7, 11) is 3.13. The minimum Gasteiger partial charge on any atom is -0.481 e. The SMILES string of the molecule is CC(C)N(C)C(=O)COc1c(Br)cc(S(=O)(=O)Cl)cc1Br. The first-order valence-corrected chi connectivity index (χ1v) is 9.75. The second kappa shape index (κ2) is 7.30. The Balaban J connectivity index is 2.94. The van der Waals surface area contributed by atoms with Gasteiger partial charge < -0.3 is 9.64 Å². The Hall–Kier alpha value is -0.310. The van der Waals surface area contributed by atoms with E-state index in [2.05, 4.69) is 31.9 Å². The summed E-state index contributed by atoms with van der Waals surface area (Å²) in [5.74, 6) is 0.155. The smallest absolute Gasteiger partial charge is 0.261 e. The van der Waals surface area contributed by atoms with Crippen molar-refractivity contribution in [3.63, 3.8) is 0 Å². The highest BCUT2D eigenvalue weighted by Gasteiger charge is 2.18. The Labute approximate surface area is 145 Å². The van der Waals surface area contributed by atoms with Gasteiger partial charge in [0, 0.05) is 23.8 Å². The van der Waals surface area contributed by atoms with Crippen LogP contribution in [-0.4, -0.2) is 38.9 Å². The van der Waals surface area contributed by atoms with E-state index in [0.29, 0.717) is 14.7 Å². The molecule has 0 unspecified atom stereocenters. The molecule has 0 aliphatic heterocycles. The Morgan fingerprint density at radius 1 is 1.33 bits per heavy atom. The van der Waals surface area contributed by atoms with Crippen molar-refractivity contribution in [2.24, 2.45) is 0 Å². The zero-order valence-corrected chi connectivity index (χ0v) is 16.3. The first-order valence-electron chi connectivity index (χ1n) is 5.86. The molecule has 0 saturated carbocycles. The molecule has 0 aliphatic carbocycles. The van der Waals surface area contributed by atoms with Crippen molar-refractivity contribution < 1.29 is 17.9 Å². The molecular weight excluding hydrogens is 449 g/mol. The van der Waals surface area contributed by atoms with Crippen molar-refractivity contribution in [1.29, 1.82) is 0 Å². The average Bonchev–Trinajstić information content (AvgIpc) is 2.35. The van der Waals surface area contributed by atoms with Gasteiger partial charge in [0.1, 0.15) is 5.75 Å². The van der Waals surface area contributed by atoms with Crippen molar-refractivity contribution in [3.05, 3.63) is 21.1 Å². The van der Waals surface area contributed by atoms with Crippen LogP contribution in [0.25, 0.3) is 0 Å². The van der Waals surface area contributed by atoms with E-state index in [1.165, 1.54) is 12.1 Å². The molecule has 5 nitrogen and oxygen atoms in total. The van der Waals surface area contributed by atoms with E-state index in [0.717, 1.165) is 0 Å². The molecule has 1 aromatic carbocycles. The first-order chi connectivity index (χ1) is 9.54. The Morgan fingerprint density at radius 2 is 1.81 bits per heavy atom. The number of hydrogen-bond acceptors (Lipinski definition) is 4. The molecule has 0 aliphatic rings. The Kier molecular flexibility index (Phi) is 6.52. The third kappa shape index (κ3) is 5.12. The van der Waals surface area contributed by atoms with Crippen molar-refractivity contribution in [1.82, 2.24) is 4.90 Å². The standard InChI is InChI=1S/C12H14Br2ClNO4S/c1-7(2)16(3)11(17)6-20-12-9(13)4-8(5-10(12)14)21(15,18)19/h4-5,7H,6H2,1-3H3. The number of amides is 1. The van der Waals surface area contributed by atoms with Crippen LogP contribution < -0.4 is 4.74 Å². The highest BCUT2D eigenvalue weighted by molar-refractivity contribution is 9.11. The molecule has 1 rings (SSSR count). The summed E-state index contributed by atoms with van der Waals surface area (Å²) in [5, 5.41) is 0. The summed E-state index contributed by atoms with van der Waals surface area (Å²) in [6.07, 6.45) is 0. The number of benzene rings is 1. The molecule has 0 saturated heterocycles. The summed E-state index contributed by atoms with van der Waals surface area (Å²) < 4.78 is 28.8. The van der Waals surface area contributed by atoms with Gasteiger partial charge in [0.15, 0.2) is 6.61 Å². The third-order valence-corrected chi connectivity index (χ3v) is 5.27. The second-order valence-electron chi connectivity index (χ2n) is 4.54. The predicted octanol–water partition coefficient (Wildman–Crippen LogP) is 3.38. The fourth-order valence-corrected chi connectivity index (χ4v) is 3.84. The Morgan fingerprint density at radius 3 is 2.19 bits per heavy atom. The summed E-state index contributed by atoms with van der Waals surface area (Å²) in [6, 6.07) is 2.70. The monoisotopic (exact) mass is 461 g/mol. The molecule has 0 aromatic heterocycles. The number of carbonyl (C=O) groups is 1. The van der Waals surface area contributed by atoms with Gasteiger partial charge in [0.25, 0.3) is 15.0 Å². The Bertz CT molecular complexity index is 626. The summed E-state index contributed by atoms with van der Waals surface area (Å²) >= 11 is 6.41. The molecule has 0 spiro atoms. The number of likely N-dealkylation sites (N-methyl/N-ethyl adjacent to an activating group) is 1. The van der Waals surface area contributed by atoms with Crippen molar-refractivity contribution in [3.8, 4) is 5.75 Å². The normalized spacial score (nSPS) is 11.6. The van der Waals surface area contributed by atoms with Crippen LogP contribution >= 0.6 is 42.5 Å². The molecule has 0 fully saturated rings. The van der Waals surface area contributed by atoms with Crippen LogP contribution in [-0.2, 0) is 13.8 Å². The zero-order valence-electron chi connectivity index (χ0n) is 11.6. The third-order valence-electron chi connectivity index (χ3n) is 2.76. The summed E-state index contributed by atoms with van der Waals surface area (Å²) in [6.45, 7) is 3.63. The lowest BCUT2D eigenvalue weighted by atomic mass is 10.3. The number of carbonyl (C=O) groups excluding carboxylic acids is 1. The van der Waals surface area contributed by atoms with Crippen LogP contribution in [0.1, 0.15) is 13.8 Å². The van der Waals surface area contributed by atoms with Gasteiger partial charge in [0.2, 0.25) is 0 Å². The van der Waals surface area contributed by atoms with Gasteiger partial charge in [-0.1, -0.05) is 0 Å². The lowest BCUT2D eigenvalue weighted by Crippen LogP contribution is -2.36. The van der Waals surface area contributed by atoms with Gasteiger partial charge in [-0.3, -0.25) is 4.79 Å². The number of ether oxygens (including phenoxy) is 1. The van der Waals surface area contributed by atoms with E-state index in [-0.39, 0.29) is 23.5 Å². The van der Waals surface area contributed by atoms with E-state index < -0.39 is 9.05 Å². The zero-order chi connectivity index (χ0) is 16.4. The molecule has 0 radical (unpaired) electrons. The fourth-order valence-electron chi connectivity index (χ4n) is 1.34. The number of rotatable bonds is 5. The lowest BCUT2D eigenvalue weighted by Gasteiger charge is -2.21. The van der Waals surface area contributed by atoms with E-state index in [9.17, 15) is 13.2 Å². The van der Waals surface area contributed by atoms with E-state index in [1.807, 2.05) is 13.8 Å². The van der Waals surface area contributed by atoms with Gasteiger partial charge in [-0.05, 0) is 57.8 Å². The number of halogens is 3. The summed E-state index contributed by atoms with van der Waals surface area (Å²) in [5.41, 5.74) is 0. The maximum Gasteiger partial charge on any atom is 0.261 e. The topological polar surface area (TPSA) is 63.7 Å². The molecular formula is C12H14Br2ClNO4S. The highest BCUT2D eigenvalue weighted by Crippen LogP contribution is 2.36. The second-order valence-corrected chi connectivity index (χ2v) is 8.82. The molecule has 0 heterocycles. The fraction of sp³-hybridized carbons (Fsp3) is 0.417. The van der Waals surface area contributed by atoms with Gasteiger partial charge in [-0.15, -0.1) is 0 Å². The lowest BCUT2D eigenvalue weighted by molar-refractivity contribution is -0.133. The van der Waals surface area contributed by atoms with E-state index in [4.69, 9.17) is 15.4 Å². The molecule has 21 heavy (non-hydrogen) atoms. The van der Waals surface area contributed by atoms with Crippen LogP contribution in [0.5, 0.6) is 5.75 Å². The van der Waals surface area contributed by atoms with Crippen molar-refractivity contribution in [2.75, 3.05) is 13.7 Å². The van der Waals surface area contributed by atoms with Gasteiger partial charge >= 0.3 is 0 Å². The maximum absolute atomic E-state index is 11.9. The van der Waals surface area contributed by atoms with Crippen LogP contribution in [0.2, 0.25) is 0 Å². The molecule has 0 atom stereocenters. The average molecular weight is 464 g/mol. The van der Waals surface area contributed by atoms with Crippen LogP contribution in [0.3, 0.4) is 0 Å². The van der Waals surface area contributed by atoms with Crippen molar-refractivity contribution in [2.45, 2.75) is 24.8 Å². The highest BCUT2D eigenvalue weighted by atomic mass is 79.9. The molecule has 1 aromatic rings. The van der Waals surface area contributed by atoms with Crippen LogP contribution in [0.15, 0.2) is 26.0 Å². The quantitative estimate of drug-likeness (QED) is 0.628. The van der Waals surface area contributed by atoms with E-state index in [1.54, 1.807) is 11.9 Å². The van der Waals surface area contributed by atoms with Gasteiger partial charge in [-0.2, -0.15) is 0 Å². The maximum atomic E-state index is 11.9. The van der Waals surface area contributed by atoms with Gasteiger partial charge in [0.05, 0.1) is 13.8 Å². The summed E-state index contributed by atoms with van der Waals surface area (Å²) in [4.78, 5) is 13.3. The molecule has 118 valence electrons. The van der Waals surface area contributed by atoms with Crippen LogP contribution in [0, 0.1) is 0 Å². The molecule has 0 N–H and O–H groups in total.